The Morgan fingerprint density at radius 3 is 2.43 bits per heavy atom. The fraction of sp³-hybridized carbons (Fsp3) is 0.875. The fourth-order valence-corrected chi connectivity index (χ4v) is 2.17. The fourth-order valence-electron chi connectivity index (χ4n) is 2.17. The van der Waals surface area contributed by atoms with Gasteiger partial charge < -0.3 is 19.9 Å². The average Bonchev–Trinajstić information content (AvgIpc) is 3.31. The van der Waals surface area contributed by atoms with E-state index in [-0.39, 0.29) is 29.9 Å². The Balaban J connectivity index is 0.00000484. The van der Waals surface area contributed by atoms with Gasteiger partial charge in [-0.15, -0.1) is 24.0 Å². The summed E-state index contributed by atoms with van der Waals surface area (Å²) in [5.41, 5.74) is 0. The van der Waals surface area contributed by atoms with Crippen molar-refractivity contribution in [3.63, 3.8) is 0 Å². The second kappa shape index (κ2) is 12.8. The molecule has 0 aromatic heterocycles. The number of guanidine groups is 1. The molecule has 0 radical (unpaired) electrons. The maximum absolute atomic E-state index is 12.2. The number of nitrogens with zero attached hydrogens (tertiary/aromatic N) is 3. The third-order valence-corrected chi connectivity index (χ3v) is 3.73. The molecule has 0 spiro atoms. The van der Waals surface area contributed by atoms with Crippen LogP contribution in [0, 0.1) is 5.92 Å². The molecule has 1 rings (SSSR count). The maximum Gasteiger partial charge on any atom is 0.242 e. The van der Waals surface area contributed by atoms with Crippen LogP contribution in [-0.2, 0) is 9.53 Å². The van der Waals surface area contributed by atoms with E-state index in [9.17, 15) is 4.79 Å². The van der Waals surface area contributed by atoms with Crippen molar-refractivity contribution in [1.29, 1.82) is 0 Å². The first-order valence-corrected chi connectivity index (χ1v) is 8.47. The minimum absolute atomic E-state index is 0. The van der Waals surface area contributed by atoms with Crippen molar-refractivity contribution < 1.29 is 9.53 Å². The van der Waals surface area contributed by atoms with Crippen molar-refractivity contribution in [3.8, 4) is 0 Å². The topological polar surface area (TPSA) is 57.2 Å². The van der Waals surface area contributed by atoms with Gasteiger partial charge in [-0.2, -0.15) is 0 Å². The second-order valence-electron chi connectivity index (χ2n) is 5.68. The van der Waals surface area contributed by atoms with E-state index in [2.05, 4.69) is 10.3 Å². The van der Waals surface area contributed by atoms with E-state index in [0.717, 1.165) is 38.1 Å². The van der Waals surface area contributed by atoms with Gasteiger partial charge in [0.2, 0.25) is 5.91 Å². The minimum Gasteiger partial charge on any atom is -0.379 e. The van der Waals surface area contributed by atoms with Crippen LogP contribution in [0.3, 0.4) is 0 Å². The molecule has 23 heavy (non-hydrogen) atoms. The molecular weight excluding hydrogens is 407 g/mol. The van der Waals surface area contributed by atoms with Crippen LogP contribution in [0.5, 0.6) is 0 Å². The van der Waals surface area contributed by atoms with Gasteiger partial charge in [0.15, 0.2) is 5.96 Å². The number of likely N-dealkylation sites (N-methyl/N-ethyl adjacent to an activating group) is 2. The summed E-state index contributed by atoms with van der Waals surface area (Å²) < 4.78 is 5.59. The molecule has 0 heterocycles. The molecule has 6 nitrogen and oxygen atoms in total. The van der Waals surface area contributed by atoms with Crippen molar-refractivity contribution in [2.75, 3.05) is 53.0 Å². The molecule has 1 N–H and O–H groups in total. The number of hydrogen-bond donors (Lipinski definition) is 1. The Labute approximate surface area is 158 Å². The van der Waals surface area contributed by atoms with Crippen LogP contribution in [0.4, 0.5) is 0 Å². The lowest BCUT2D eigenvalue weighted by molar-refractivity contribution is -0.131. The van der Waals surface area contributed by atoms with Gasteiger partial charge in [0, 0.05) is 33.3 Å². The van der Waals surface area contributed by atoms with Crippen LogP contribution in [0.1, 0.15) is 33.6 Å². The molecular formula is C16H33IN4O2. The molecule has 1 saturated carbocycles. The number of hydrogen-bond acceptors (Lipinski definition) is 3. The zero-order valence-electron chi connectivity index (χ0n) is 15.0. The Kier molecular flexibility index (Phi) is 12.5. The lowest BCUT2D eigenvalue weighted by Gasteiger charge is -2.25. The number of aliphatic imine (C=N–C) groups is 1. The predicted octanol–water partition coefficient (Wildman–Crippen LogP) is 1.80. The van der Waals surface area contributed by atoms with Gasteiger partial charge in [-0.05, 0) is 39.5 Å². The molecule has 1 amide bonds. The number of ether oxygens (including phenoxy) is 1. The number of rotatable bonds is 10. The summed E-state index contributed by atoms with van der Waals surface area (Å²) in [7, 11) is 1.90. The highest BCUT2D eigenvalue weighted by molar-refractivity contribution is 14.0. The Bertz CT molecular complexity index is 358. The zero-order valence-corrected chi connectivity index (χ0v) is 17.3. The third kappa shape index (κ3) is 9.34. The van der Waals surface area contributed by atoms with Gasteiger partial charge in [0.25, 0.3) is 0 Å². The van der Waals surface area contributed by atoms with Crippen LogP contribution >= 0.6 is 24.0 Å². The first kappa shape index (κ1) is 22.4. The molecule has 7 heteroatoms. The summed E-state index contributed by atoms with van der Waals surface area (Å²) in [6, 6.07) is 0. The van der Waals surface area contributed by atoms with Gasteiger partial charge in [0.1, 0.15) is 0 Å². The van der Waals surface area contributed by atoms with Gasteiger partial charge >= 0.3 is 0 Å². The molecule has 0 aromatic carbocycles. The van der Waals surface area contributed by atoms with Gasteiger partial charge in [-0.3, -0.25) is 9.79 Å². The van der Waals surface area contributed by atoms with Crippen molar-refractivity contribution in [2.24, 2.45) is 10.9 Å². The monoisotopic (exact) mass is 440 g/mol. The smallest absolute Gasteiger partial charge is 0.242 e. The largest absolute Gasteiger partial charge is 0.379 e. The number of carbonyl (C=O) groups excluding carboxylic acids is 1. The average molecular weight is 440 g/mol. The lowest BCUT2D eigenvalue weighted by Crippen LogP contribution is -2.45. The van der Waals surface area contributed by atoms with E-state index in [1.54, 1.807) is 0 Å². The van der Waals surface area contributed by atoms with E-state index >= 15 is 0 Å². The molecule has 136 valence electrons. The van der Waals surface area contributed by atoms with Crippen LogP contribution in [-0.4, -0.2) is 74.7 Å². The van der Waals surface area contributed by atoms with Crippen LogP contribution in [0.2, 0.25) is 0 Å². The molecule has 0 aliphatic heterocycles. The SMILES string of the molecule is CCNC(=NCCOCC1CC1)N(C)CC(=O)N(CC)CC.I. The molecule has 0 bridgehead atoms. The normalized spacial score (nSPS) is 14.2. The number of carbonyl (C=O) groups is 1. The molecule has 1 aliphatic carbocycles. The highest BCUT2D eigenvalue weighted by Crippen LogP contribution is 2.28. The first-order chi connectivity index (χ1) is 10.6. The van der Waals surface area contributed by atoms with Crippen LogP contribution in [0.15, 0.2) is 4.99 Å². The molecule has 0 unspecified atom stereocenters. The number of nitrogens with one attached hydrogen (secondary N) is 1. The van der Waals surface area contributed by atoms with Gasteiger partial charge in [-0.25, -0.2) is 0 Å². The Hall–Kier alpha value is -0.570. The van der Waals surface area contributed by atoms with Crippen LogP contribution in [0.25, 0.3) is 0 Å². The zero-order chi connectivity index (χ0) is 16.4. The quantitative estimate of drug-likeness (QED) is 0.244. The van der Waals surface area contributed by atoms with Gasteiger partial charge in [0.05, 0.1) is 19.7 Å². The van der Waals surface area contributed by atoms with Crippen molar-refractivity contribution >= 4 is 35.8 Å². The maximum atomic E-state index is 12.2. The molecule has 1 aliphatic rings. The lowest BCUT2D eigenvalue weighted by atomic mass is 10.4. The highest BCUT2D eigenvalue weighted by Gasteiger charge is 2.20. The molecule has 1 fully saturated rings. The molecule has 0 atom stereocenters. The first-order valence-electron chi connectivity index (χ1n) is 8.47. The predicted molar refractivity (Wildman–Crippen MR) is 105 cm³/mol. The van der Waals surface area contributed by atoms with Gasteiger partial charge in [-0.1, -0.05) is 0 Å². The van der Waals surface area contributed by atoms with E-state index < -0.39 is 0 Å². The summed E-state index contributed by atoms with van der Waals surface area (Å²) in [5.74, 6) is 1.67. The van der Waals surface area contributed by atoms with Crippen molar-refractivity contribution in [3.05, 3.63) is 0 Å². The molecule has 0 saturated heterocycles. The Morgan fingerprint density at radius 2 is 1.91 bits per heavy atom. The molecule has 0 aromatic rings. The third-order valence-electron chi connectivity index (χ3n) is 3.73. The van der Waals surface area contributed by atoms with E-state index in [1.165, 1.54) is 12.8 Å². The summed E-state index contributed by atoms with van der Waals surface area (Å²) >= 11 is 0. The summed E-state index contributed by atoms with van der Waals surface area (Å²) in [6.07, 6.45) is 2.62. The highest BCUT2D eigenvalue weighted by atomic mass is 127. The van der Waals surface area contributed by atoms with E-state index in [4.69, 9.17) is 4.74 Å². The van der Waals surface area contributed by atoms with E-state index in [1.807, 2.05) is 37.6 Å². The standard InChI is InChI=1S/C16H32N4O2.HI/c1-5-17-16(18-10-11-22-13-14-8-9-14)19(4)12-15(21)20(6-2)7-3;/h14H,5-13H2,1-4H3,(H,17,18);1H. The summed E-state index contributed by atoms with van der Waals surface area (Å²) in [6.45, 7) is 10.8. The van der Waals surface area contributed by atoms with Crippen molar-refractivity contribution in [2.45, 2.75) is 33.6 Å². The van der Waals surface area contributed by atoms with Crippen LogP contribution < -0.4 is 5.32 Å². The Morgan fingerprint density at radius 1 is 1.26 bits per heavy atom. The number of halogens is 1. The van der Waals surface area contributed by atoms with Crippen molar-refractivity contribution in [1.82, 2.24) is 15.1 Å². The summed E-state index contributed by atoms with van der Waals surface area (Å²) in [4.78, 5) is 20.4. The number of amides is 1. The second-order valence-corrected chi connectivity index (χ2v) is 5.68. The summed E-state index contributed by atoms with van der Waals surface area (Å²) in [5, 5.41) is 3.22. The minimum atomic E-state index is 0. The van der Waals surface area contributed by atoms with E-state index in [0.29, 0.717) is 19.7 Å².